The van der Waals surface area contributed by atoms with Gasteiger partial charge in [0.15, 0.2) is 0 Å². The lowest BCUT2D eigenvalue weighted by Crippen LogP contribution is -2.22. The van der Waals surface area contributed by atoms with Gasteiger partial charge in [0.2, 0.25) is 0 Å². The van der Waals surface area contributed by atoms with Gasteiger partial charge in [0.25, 0.3) is 0 Å². The fourth-order valence-electron chi connectivity index (χ4n) is 1.20. The predicted molar refractivity (Wildman–Crippen MR) is 67.8 cm³/mol. The van der Waals surface area contributed by atoms with E-state index < -0.39 is 0 Å². The van der Waals surface area contributed by atoms with Gasteiger partial charge in [-0.1, -0.05) is 0 Å². The van der Waals surface area contributed by atoms with Gasteiger partial charge in [-0.25, -0.2) is 11.1 Å². The van der Waals surface area contributed by atoms with E-state index in [0.717, 1.165) is 52.1 Å². The highest BCUT2D eigenvalue weighted by Gasteiger charge is 1.89. The third-order valence-corrected chi connectivity index (χ3v) is 2.07. The SMILES string of the molecule is N=N.NCCCNCCCCNCCCN. The van der Waals surface area contributed by atoms with E-state index in [1.165, 1.54) is 12.8 Å². The number of hydrogen-bond acceptors (Lipinski definition) is 6. The Hall–Kier alpha value is -0.560. The van der Waals surface area contributed by atoms with E-state index in [1.807, 2.05) is 0 Å². The van der Waals surface area contributed by atoms with Crippen LogP contribution in [0.4, 0.5) is 0 Å². The molecule has 0 atom stereocenters. The normalized spacial score (nSPS) is 9.62. The van der Waals surface area contributed by atoms with E-state index in [-0.39, 0.29) is 0 Å². The first-order chi connectivity index (χ1) is 7.91. The van der Waals surface area contributed by atoms with Crippen molar-refractivity contribution in [3.05, 3.63) is 0 Å². The summed E-state index contributed by atoms with van der Waals surface area (Å²) in [6, 6.07) is 0. The minimum Gasteiger partial charge on any atom is -0.330 e. The van der Waals surface area contributed by atoms with Crippen molar-refractivity contribution in [3.8, 4) is 0 Å². The van der Waals surface area contributed by atoms with Crippen LogP contribution in [0.3, 0.4) is 0 Å². The third kappa shape index (κ3) is 19.1. The van der Waals surface area contributed by atoms with Crippen LogP contribution in [0.15, 0.2) is 0 Å². The molecule has 98 valence electrons. The van der Waals surface area contributed by atoms with E-state index >= 15 is 0 Å². The van der Waals surface area contributed by atoms with Crippen LogP contribution in [-0.2, 0) is 0 Å². The summed E-state index contributed by atoms with van der Waals surface area (Å²) < 4.78 is 0. The Morgan fingerprint density at radius 1 is 0.625 bits per heavy atom. The Morgan fingerprint density at radius 2 is 0.938 bits per heavy atom. The smallest absolute Gasteiger partial charge is 0.00369 e. The molecule has 0 bridgehead atoms. The van der Waals surface area contributed by atoms with E-state index in [0.29, 0.717) is 0 Å². The van der Waals surface area contributed by atoms with Gasteiger partial charge in [0.1, 0.15) is 0 Å². The second-order valence-electron chi connectivity index (χ2n) is 3.49. The summed E-state index contributed by atoms with van der Waals surface area (Å²) in [5.41, 5.74) is 20.8. The Labute approximate surface area is 98.8 Å². The van der Waals surface area contributed by atoms with Crippen LogP contribution in [-0.4, -0.2) is 39.3 Å². The molecule has 0 saturated carbocycles. The summed E-state index contributed by atoms with van der Waals surface area (Å²) >= 11 is 0. The van der Waals surface area contributed by atoms with Crippen LogP contribution in [0.5, 0.6) is 0 Å². The number of hydrogen-bond donors (Lipinski definition) is 6. The zero-order valence-electron chi connectivity index (χ0n) is 10.2. The van der Waals surface area contributed by atoms with Crippen molar-refractivity contribution in [2.24, 2.45) is 11.5 Å². The molecule has 16 heavy (non-hydrogen) atoms. The van der Waals surface area contributed by atoms with Gasteiger partial charge in [0.05, 0.1) is 0 Å². The van der Waals surface area contributed by atoms with Crippen molar-refractivity contribution in [2.45, 2.75) is 25.7 Å². The number of rotatable bonds is 11. The van der Waals surface area contributed by atoms with Gasteiger partial charge in [-0.05, 0) is 65.0 Å². The van der Waals surface area contributed by atoms with Crippen molar-refractivity contribution >= 4 is 0 Å². The number of unbranched alkanes of at least 4 members (excludes halogenated alkanes) is 1. The average Bonchev–Trinajstić information content (AvgIpc) is 2.34. The predicted octanol–water partition coefficient (Wildman–Crippen LogP) is 0.240. The zero-order chi connectivity index (χ0) is 12.5. The highest BCUT2D eigenvalue weighted by atomic mass is 14.9. The zero-order valence-corrected chi connectivity index (χ0v) is 10.2. The highest BCUT2D eigenvalue weighted by Crippen LogP contribution is 1.84. The van der Waals surface area contributed by atoms with Crippen molar-refractivity contribution in [1.29, 1.82) is 11.1 Å². The standard InChI is InChI=1S/C10H26N4.H2N2/c11-5-3-9-13-7-1-2-8-14-10-4-6-12;1-2/h13-14H,1-12H2;1-2H. The number of nitrogens with two attached hydrogens (primary N) is 2. The Kier molecular flexibility index (Phi) is 22.2. The molecule has 0 radical (unpaired) electrons. The molecule has 0 aromatic rings. The molecule has 0 rings (SSSR count). The highest BCUT2D eigenvalue weighted by molar-refractivity contribution is 4.52. The van der Waals surface area contributed by atoms with Crippen molar-refractivity contribution in [2.75, 3.05) is 39.3 Å². The average molecular weight is 232 g/mol. The van der Waals surface area contributed by atoms with Crippen LogP contribution in [0.1, 0.15) is 25.7 Å². The lowest BCUT2D eigenvalue weighted by Gasteiger charge is -2.04. The molecular weight excluding hydrogens is 204 g/mol. The molecule has 0 aliphatic heterocycles. The molecule has 0 aliphatic rings. The maximum atomic E-state index is 5.38. The first-order valence-electron chi connectivity index (χ1n) is 5.98. The molecule has 8 N–H and O–H groups in total. The summed E-state index contributed by atoms with van der Waals surface area (Å²) in [5.74, 6) is 0. The minimum atomic E-state index is 0.785. The lowest BCUT2D eigenvalue weighted by molar-refractivity contribution is 0.570. The van der Waals surface area contributed by atoms with Crippen molar-refractivity contribution in [3.63, 3.8) is 0 Å². The van der Waals surface area contributed by atoms with Crippen LogP contribution in [0.25, 0.3) is 0 Å². The molecule has 6 nitrogen and oxygen atoms in total. The first kappa shape index (κ1) is 17.8. The van der Waals surface area contributed by atoms with Gasteiger partial charge in [0, 0.05) is 0 Å². The van der Waals surface area contributed by atoms with Gasteiger partial charge in [-0.2, -0.15) is 0 Å². The summed E-state index contributed by atoms with van der Waals surface area (Å²) in [6.45, 7) is 5.90. The monoisotopic (exact) mass is 232 g/mol. The third-order valence-electron chi connectivity index (χ3n) is 2.07. The summed E-state index contributed by atoms with van der Waals surface area (Å²) in [6.07, 6.45) is 4.63. The van der Waals surface area contributed by atoms with E-state index in [9.17, 15) is 0 Å². The topological polar surface area (TPSA) is 124 Å². The van der Waals surface area contributed by atoms with Gasteiger partial charge >= 0.3 is 0 Å². The molecule has 0 aromatic heterocycles. The maximum Gasteiger partial charge on any atom is -0.00369 e. The second-order valence-corrected chi connectivity index (χ2v) is 3.49. The number of nitrogens with one attached hydrogen (secondary N) is 4. The van der Waals surface area contributed by atoms with Crippen LogP contribution >= 0.6 is 0 Å². The molecule has 0 fully saturated rings. The Bertz CT molecular complexity index is 99.5. The molecule has 0 spiro atoms. The molecule has 6 heteroatoms. The largest absolute Gasteiger partial charge is 0.330 e. The van der Waals surface area contributed by atoms with E-state index in [2.05, 4.69) is 10.6 Å². The molecule has 0 heterocycles. The molecule has 0 amide bonds. The summed E-state index contributed by atoms with van der Waals surface area (Å²) in [7, 11) is 0. The Morgan fingerprint density at radius 3 is 1.25 bits per heavy atom. The maximum absolute atomic E-state index is 5.38. The molecule has 0 aliphatic carbocycles. The van der Waals surface area contributed by atoms with Crippen molar-refractivity contribution in [1.82, 2.24) is 10.6 Å². The minimum absolute atomic E-state index is 0.785. The molecule has 0 unspecified atom stereocenters. The van der Waals surface area contributed by atoms with Crippen LogP contribution in [0.2, 0.25) is 0 Å². The van der Waals surface area contributed by atoms with E-state index in [4.69, 9.17) is 22.5 Å². The Balaban J connectivity index is 0. The quantitative estimate of drug-likeness (QED) is 0.225. The first-order valence-corrected chi connectivity index (χ1v) is 5.98. The summed E-state index contributed by atoms with van der Waals surface area (Å²) in [4.78, 5) is 0. The fraction of sp³-hybridized carbons (Fsp3) is 1.00. The van der Waals surface area contributed by atoms with Gasteiger partial charge in [-0.3, -0.25) is 0 Å². The molecule has 0 aromatic carbocycles. The fourth-order valence-corrected chi connectivity index (χ4v) is 1.20. The van der Waals surface area contributed by atoms with Gasteiger partial charge in [-0.15, -0.1) is 0 Å². The second kappa shape index (κ2) is 19.9. The van der Waals surface area contributed by atoms with Crippen LogP contribution < -0.4 is 22.1 Å². The van der Waals surface area contributed by atoms with E-state index in [1.54, 1.807) is 0 Å². The van der Waals surface area contributed by atoms with Crippen molar-refractivity contribution < 1.29 is 0 Å². The lowest BCUT2D eigenvalue weighted by atomic mass is 10.3. The molecule has 0 saturated heterocycles. The van der Waals surface area contributed by atoms with Crippen LogP contribution in [0, 0.1) is 11.1 Å². The summed E-state index contributed by atoms with van der Waals surface area (Å²) in [5, 5.41) is 6.72. The van der Waals surface area contributed by atoms with Gasteiger partial charge < -0.3 is 22.1 Å². The molecular formula is C10H28N6.